The van der Waals surface area contributed by atoms with Crippen molar-refractivity contribution in [3.63, 3.8) is 0 Å². The van der Waals surface area contributed by atoms with Crippen molar-refractivity contribution in [2.24, 2.45) is 5.73 Å². The Bertz CT molecular complexity index is 249. The number of rotatable bonds is 2. The fraction of sp³-hybridized carbons (Fsp3) is 0.429. The van der Waals surface area contributed by atoms with E-state index in [2.05, 4.69) is 9.97 Å². The largest absolute Gasteiger partial charge is 0.326 e. The van der Waals surface area contributed by atoms with Gasteiger partial charge in [-0.05, 0) is 13.2 Å². The van der Waals surface area contributed by atoms with Crippen molar-refractivity contribution >= 4 is 11.8 Å². The standard InChI is InChI=1S/C7H11N3S/c1-5-6(3-8)4-9-7(10-5)11-2/h4H,3,8H2,1-2H3. The lowest BCUT2D eigenvalue weighted by atomic mass is 10.2. The van der Waals surface area contributed by atoms with Gasteiger partial charge in [0.1, 0.15) is 0 Å². The van der Waals surface area contributed by atoms with E-state index >= 15 is 0 Å². The van der Waals surface area contributed by atoms with Crippen LogP contribution in [0, 0.1) is 6.92 Å². The van der Waals surface area contributed by atoms with Gasteiger partial charge in [0, 0.05) is 24.0 Å². The summed E-state index contributed by atoms with van der Waals surface area (Å²) in [5, 5.41) is 0.805. The molecule has 1 rings (SSSR count). The van der Waals surface area contributed by atoms with Crippen LogP contribution in [-0.2, 0) is 6.54 Å². The predicted molar refractivity (Wildman–Crippen MR) is 46.4 cm³/mol. The summed E-state index contributed by atoms with van der Waals surface area (Å²) in [6.07, 6.45) is 3.74. The fourth-order valence-electron chi connectivity index (χ4n) is 0.769. The Balaban J connectivity index is 2.99. The van der Waals surface area contributed by atoms with Crippen LogP contribution in [0.15, 0.2) is 11.4 Å². The van der Waals surface area contributed by atoms with Crippen LogP contribution in [0.3, 0.4) is 0 Å². The molecule has 0 unspecified atom stereocenters. The minimum atomic E-state index is 0.514. The SMILES string of the molecule is CSc1ncc(CN)c(C)n1. The molecule has 3 nitrogen and oxygen atoms in total. The summed E-state index contributed by atoms with van der Waals surface area (Å²) in [4.78, 5) is 8.34. The molecule has 1 aromatic rings. The second-order valence-corrected chi connectivity index (χ2v) is 2.94. The van der Waals surface area contributed by atoms with Crippen LogP contribution in [0.2, 0.25) is 0 Å². The van der Waals surface area contributed by atoms with Crippen LogP contribution >= 0.6 is 11.8 Å². The number of nitrogens with two attached hydrogens (primary N) is 1. The second kappa shape index (κ2) is 3.69. The third-order valence-electron chi connectivity index (χ3n) is 1.46. The molecule has 0 aliphatic heterocycles. The summed E-state index contributed by atoms with van der Waals surface area (Å²) in [7, 11) is 0. The highest BCUT2D eigenvalue weighted by atomic mass is 32.2. The van der Waals surface area contributed by atoms with Gasteiger partial charge in [-0.1, -0.05) is 11.8 Å². The summed E-state index contributed by atoms with van der Waals surface area (Å²) >= 11 is 1.54. The van der Waals surface area contributed by atoms with Gasteiger partial charge < -0.3 is 5.73 Å². The Morgan fingerprint density at radius 1 is 1.64 bits per heavy atom. The molecule has 1 aromatic heterocycles. The molecule has 2 N–H and O–H groups in total. The van der Waals surface area contributed by atoms with Crippen molar-refractivity contribution < 1.29 is 0 Å². The molecule has 0 aromatic carbocycles. The summed E-state index contributed by atoms with van der Waals surface area (Å²) in [6, 6.07) is 0. The smallest absolute Gasteiger partial charge is 0.187 e. The molecular formula is C7H11N3S. The van der Waals surface area contributed by atoms with Crippen molar-refractivity contribution in [2.45, 2.75) is 18.6 Å². The number of aromatic nitrogens is 2. The van der Waals surface area contributed by atoms with E-state index in [9.17, 15) is 0 Å². The Kier molecular flexibility index (Phi) is 2.84. The van der Waals surface area contributed by atoms with Gasteiger partial charge in [-0.25, -0.2) is 9.97 Å². The molecule has 0 aliphatic rings. The van der Waals surface area contributed by atoms with Crippen LogP contribution in [0.25, 0.3) is 0 Å². The molecule has 0 radical (unpaired) electrons. The lowest BCUT2D eigenvalue weighted by Crippen LogP contribution is -2.02. The number of hydrogen-bond donors (Lipinski definition) is 1. The van der Waals surface area contributed by atoms with E-state index in [1.807, 2.05) is 13.2 Å². The summed E-state index contributed by atoms with van der Waals surface area (Å²) in [6.45, 7) is 2.46. The van der Waals surface area contributed by atoms with E-state index in [-0.39, 0.29) is 0 Å². The summed E-state index contributed by atoms with van der Waals surface area (Å²) in [5.41, 5.74) is 7.45. The number of hydrogen-bond acceptors (Lipinski definition) is 4. The molecule has 60 valence electrons. The van der Waals surface area contributed by atoms with Gasteiger partial charge in [-0.2, -0.15) is 0 Å². The Labute approximate surface area is 70.4 Å². The van der Waals surface area contributed by atoms with Crippen molar-refractivity contribution in [1.29, 1.82) is 0 Å². The van der Waals surface area contributed by atoms with Crippen LogP contribution < -0.4 is 5.73 Å². The van der Waals surface area contributed by atoms with E-state index in [0.29, 0.717) is 6.54 Å². The van der Waals surface area contributed by atoms with E-state index in [0.717, 1.165) is 16.4 Å². The first-order chi connectivity index (χ1) is 5.27. The molecule has 0 bridgehead atoms. The van der Waals surface area contributed by atoms with Crippen LogP contribution in [0.5, 0.6) is 0 Å². The first kappa shape index (κ1) is 8.49. The average molecular weight is 169 g/mol. The molecule has 0 amide bonds. The van der Waals surface area contributed by atoms with Gasteiger partial charge in [0.2, 0.25) is 0 Å². The monoisotopic (exact) mass is 169 g/mol. The third-order valence-corrected chi connectivity index (χ3v) is 2.02. The minimum absolute atomic E-state index is 0.514. The van der Waals surface area contributed by atoms with Crippen LogP contribution in [0.1, 0.15) is 11.3 Å². The van der Waals surface area contributed by atoms with Gasteiger partial charge in [0.15, 0.2) is 5.16 Å². The zero-order chi connectivity index (χ0) is 8.27. The molecule has 4 heteroatoms. The number of thioether (sulfide) groups is 1. The number of nitrogens with zero attached hydrogens (tertiary/aromatic N) is 2. The highest BCUT2D eigenvalue weighted by Gasteiger charge is 1.99. The van der Waals surface area contributed by atoms with Gasteiger partial charge >= 0.3 is 0 Å². The van der Waals surface area contributed by atoms with Crippen molar-refractivity contribution in [3.05, 3.63) is 17.5 Å². The minimum Gasteiger partial charge on any atom is -0.326 e. The Morgan fingerprint density at radius 2 is 2.36 bits per heavy atom. The molecule has 1 heterocycles. The lowest BCUT2D eigenvalue weighted by molar-refractivity contribution is 0.880. The van der Waals surface area contributed by atoms with Gasteiger partial charge in [-0.15, -0.1) is 0 Å². The summed E-state index contributed by atoms with van der Waals surface area (Å²) in [5.74, 6) is 0. The molecule has 0 spiro atoms. The molecule has 0 aliphatic carbocycles. The average Bonchev–Trinajstić information content (AvgIpc) is 2.04. The van der Waals surface area contributed by atoms with E-state index in [1.54, 1.807) is 6.20 Å². The normalized spacial score (nSPS) is 10.1. The topological polar surface area (TPSA) is 51.8 Å². The Morgan fingerprint density at radius 3 is 2.82 bits per heavy atom. The predicted octanol–water partition coefficient (Wildman–Crippen LogP) is 0.966. The van der Waals surface area contributed by atoms with Gasteiger partial charge in [-0.3, -0.25) is 0 Å². The molecule has 0 atom stereocenters. The van der Waals surface area contributed by atoms with E-state index in [4.69, 9.17) is 5.73 Å². The zero-order valence-corrected chi connectivity index (χ0v) is 7.48. The zero-order valence-electron chi connectivity index (χ0n) is 6.66. The number of aryl methyl sites for hydroxylation is 1. The highest BCUT2D eigenvalue weighted by molar-refractivity contribution is 7.98. The molecule has 11 heavy (non-hydrogen) atoms. The molecule has 0 fully saturated rings. The van der Waals surface area contributed by atoms with E-state index < -0.39 is 0 Å². The first-order valence-corrected chi connectivity index (χ1v) is 4.57. The Hall–Kier alpha value is -0.610. The molecule has 0 saturated heterocycles. The van der Waals surface area contributed by atoms with Gasteiger partial charge in [0.25, 0.3) is 0 Å². The van der Waals surface area contributed by atoms with Crippen LogP contribution in [-0.4, -0.2) is 16.2 Å². The van der Waals surface area contributed by atoms with Crippen molar-refractivity contribution in [2.75, 3.05) is 6.26 Å². The van der Waals surface area contributed by atoms with Crippen LogP contribution in [0.4, 0.5) is 0 Å². The third kappa shape index (κ3) is 1.91. The maximum Gasteiger partial charge on any atom is 0.187 e. The summed E-state index contributed by atoms with van der Waals surface area (Å²) < 4.78 is 0. The van der Waals surface area contributed by atoms with Gasteiger partial charge in [0.05, 0.1) is 0 Å². The molecule has 0 saturated carbocycles. The van der Waals surface area contributed by atoms with Crippen molar-refractivity contribution in [1.82, 2.24) is 9.97 Å². The first-order valence-electron chi connectivity index (χ1n) is 3.34. The second-order valence-electron chi connectivity index (χ2n) is 2.17. The molecular weight excluding hydrogens is 158 g/mol. The highest BCUT2D eigenvalue weighted by Crippen LogP contribution is 2.10. The van der Waals surface area contributed by atoms with Crippen molar-refractivity contribution in [3.8, 4) is 0 Å². The quantitative estimate of drug-likeness (QED) is 0.529. The van der Waals surface area contributed by atoms with E-state index in [1.165, 1.54) is 11.8 Å². The maximum atomic E-state index is 5.46. The lowest BCUT2D eigenvalue weighted by Gasteiger charge is -2.01. The fourth-order valence-corrected chi connectivity index (χ4v) is 1.16. The maximum absolute atomic E-state index is 5.46.